The van der Waals surface area contributed by atoms with E-state index in [2.05, 4.69) is 10.4 Å². The monoisotopic (exact) mass is 266 g/mol. The normalized spacial score (nSPS) is 14.1. The van der Waals surface area contributed by atoms with Crippen LogP contribution in [0.3, 0.4) is 0 Å². The molecule has 0 bridgehead atoms. The number of aryl methyl sites for hydroxylation is 1. The second-order valence-electron chi connectivity index (χ2n) is 5.30. The quantitative estimate of drug-likeness (QED) is 0.743. The zero-order chi connectivity index (χ0) is 14.3. The number of hydrogen-bond donors (Lipinski definition) is 2. The Morgan fingerprint density at radius 2 is 2.21 bits per heavy atom. The van der Waals surface area contributed by atoms with E-state index in [0.717, 1.165) is 31.4 Å². The number of aromatic nitrogens is 2. The molecule has 1 aromatic rings. The molecule has 0 aliphatic rings. The second-order valence-corrected chi connectivity index (χ2v) is 5.30. The first-order chi connectivity index (χ1) is 9.00. The van der Waals surface area contributed by atoms with Gasteiger partial charge >= 0.3 is 0 Å². The minimum atomic E-state index is 0.0605. The number of nitrogens with one attached hydrogen (secondary N) is 1. The van der Waals surface area contributed by atoms with E-state index < -0.39 is 0 Å². The molecular formula is C14H26N4O. The van der Waals surface area contributed by atoms with Gasteiger partial charge in [0.05, 0.1) is 0 Å². The highest BCUT2D eigenvalue weighted by atomic mass is 16.1. The zero-order valence-corrected chi connectivity index (χ0v) is 12.2. The molecule has 2 unspecified atom stereocenters. The van der Waals surface area contributed by atoms with Crippen LogP contribution in [-0.4, -0.2) is 28.3 Å². The summed E-state index contributed by atoms with van der Waals surface area (Å²) in [6, 6.07) is 2.19. The molecule has 1 aromatic heterocycles. The number of hydrogen-bond acceptors (Lipinski definition) is 3. The van der Waals surface area contributed by atoms with Crippen molar-refractivity contribution in [1.82, 2.24) is 15.1 Å². The third-order valence-corrected chi connectivity index (χ3v) is 3.35. The summed E-state index contributed by atoms with van der Waals surface area (Å²) in [5.41, 5.74) is 6.82. The van der Waals surface area contributed by atoms with Crippen LogP contribution in [0, 0.1) is 5.92 Å². The van der Waals surface area contributed by atoms with Crippen LogP contribution < -0.4 is 11.1 Å². The first kappa shape index (κ1) is 15.7. The van der Waals surface area contributed by atoms with E-state index in [9.17, 15) is 4.79 Å². The number of nitrogens with two attached hydrogens (primary N) is 1. The highest BCUT2D eigenvalue weighted by Gasteiger charge is 2.12. The largest absolute Gasteiger partial charge is 0.355 e. The Bertz CT molecular complexity index is 387. The summed E-state index contributed by atoms with van der Waals surface area (Å²) >= 11 is 0. The van der Waals surface area contributed by atoms with Crippen LogP contribution in [0.1, 0.15) is 38.8 Å². The predicted octanol–water partition coefficient (Wildman–Crippen LogP) is 1.23. The predicted molar refractivity (Wildman–Crippen MR) is 76.6 cm³/mol. The number of rotatable bonds is 8. The van der Waals surface area contributed by atoms with E-state index in [-0.39, 0.29) is 17.9 Å². The first-order valence-electron chi connectivity index (χ1n) is 7.01. The first-order valence-corrected chi connectivity index (χ1v) is 7.01. The SMILES string of the molecule is CC(N)CCCC(C)C(=O)NCCc1ccnn1C. The smallest absolute Gasteiger partial charge is 0.222 e. The Balaban J connectivity index is 2.18. The van der Waals surface area contributed by atoms with Crippen LogP contribution in [-0.2, 0) is 18.3 Å². The minimum absolute atomic E-state index is 0.0605. The van der Waals surface area contributed by atoms with Crippen molar-refractivity contribution in [3.8, 4) is 0 Å². The van der Waals surface area contributed by atoms with Crippen molar-refractivity contribution >= 4 is 5.91 Å². The molecule has 5 nitrogen and oxygen atoms in total. The molecule has 0 aliphatic heterocycles. The fourth-order valence-electron chi connectivity index (χ4n) is 2.01. The molecule has 19 heavy (non-hydrogen) atoms. The molecule has 1 heterocycles. The number of amides is 1. The summed E-state index contributed by atoms with van der Waals surface area (Å²) in [4.78, 5) is 11.9. The van der Waals surface area contributed by atoms with E-state index in [1.807, 2.05) is 31.6 Å². The molecule has 108 valence electrons. The summed E-state index contributed by atoms with van der Waals surface area (Å²) in [6.45, 7) is 4.63. The van der Waals surface area contributed by atoms with Crippen molar-refractivity contribution in [2.24, 2.45) is 18.7 Å². The van der Waals surface area contributed by atoms with Crippen molar-refractivity contribution in [3.63, 3.8) is 0 Å². The van der Waals surface area contributed by atoms with Gasteiger partial charge in [0.15, 0.2) is 0 Å². The molecule has 1 amide bonds. The molecule has 0 aromatic carbocycles. The van der Waals surface area contributed by atoms with Gasteiger partial charge in [-0.2, -0.15) is 5.10 Å². The molecule has 0 spiro atoms. The van der Waals surface area contributed by atoms with Crippen LogP contribution in [0.15, 0.2) is 12.3 Å². The van der Waals surface area contributed by atoms with Crippen molar-refractivity contribution in [3.05, 3.63) is 18.0 Å². The average Bonchev–Trinajstić information content (AvgIpc) is 2.74. The van der Waals surface area contributed by atoms with Crippen molar-refractivity contribution in [1.29, 1.82) is 0 Å². The van der Waals surface area contributed by atoms with E-state index in [1.54, 1.807) is 6.20 Å². The number of nitrogens with zero attached hydrogens (tertiary/aromatic N) is 2. The molecule has 3 N–H and O–H groups in total. The highest BCUT2D eigenvalue weighted by molar-refractivity contribution is 5.78. The van der Waals surface area contributed by atoms with Gasteiger partial charge in [-0.05, 0) is 25.8 Å². The Hall–Kier alpha value is -1.36. The topological polar surface area (TPSA) is 72.9 Å². The van der Waals surface area contributed by atoms with E-state index in [1.165, 1.54) is 0 Å². The zero-order valence-electron chi connectivity index (χ0n) is 12.2. The van der Waals surface area contributed by atoms with E-state index >= 15 is 0 Å². The standard InChI is InChI=1S/C14H26N4O/c1-11(5-4-6-12(2)15)14(19)16-9-7-13-8-10-17-18(13)3/h8,10-12H,4-7,9,15H2,1-3H3,(H,16,19). The third-order valence-electron chi connectivity index (χ3n) is 3.35. The van der Waals surface area contributed by atoms with Gasteiger partial charge < -0.3 is 11.1 Å². The van der Waals surface area contributed by atoms with Gasteiger partial charge in [0, 0.05) is 43.9 Å². The summed E-state index contributed by atoms with van der Waals surface area (Å²) in [5.74, 6) is 0.192. The average molecular weight is 266 g/mol. The number of carbonyl (C=O) groups excluding carboxylic acids is 1. The van der Waals surface area contributed by atoms with Crippen molar-refractivity contribution < 1.29 is 4.79 Å². The maximum atomic E-state index is 11.9. The Kier molecular flexibility index (Phi) is 6.56. The van der Waals surface area contributed by atoms with E-state index in [4.69, 9.17) is 5.73 Å². The molecule has 5 heteroatoms. The Morgan fingerprint density at radius 1 is 1.47 bits per heavy atom. The molecule has 0 radical (unpaired) electrons. The number of carbonyl (C=O) groups is 1. The van der Waals surface area contributed by atoms with Crippen LogP contribution in [0.5, 0.6) is 0 Å². The fraction of sp³-hybridized carbons (Fsp3) is 0.714. The van der Waals surface area contributed by atoms with Gasteiger partial charge in [-0.1, -0.05) is 13.3 Å². The van der Waals surface area contributed by atoms with Crippen LogP contribution >= 0.6 is 0 Å². The minimum Gasteiger partial charge on any atom is -0.355 e. The lowest BCUT2D eigenvalue weighted by Gasteiger charge is -2.13. The van der Waals surface area contributed by atoms with Gasteiger partial charge in [0.25, 0.3) is 0 Å². The van der Waals surface area contributed by atoms with Gasteiger partial charge in [-0.3, -0.25) is 9.48 Å². The van der Waals surface area contributed by atoms with Gasteiger partial charge in [-0.25, -0.2) is 0 Å². The van der Waals surface area contributed by atoms with Crippen LogP contribution in [0.4, 0.5) is 0 Å². The molecule has 0 fully saturated rings. The lowest BCUT2D eigenvalue weighted by atomic mass is 10.0. The Labute approximate surface area is 115 Å². The molecular weight excluding hydrogens is 240 g/mol. The van der Waals surface area contributed by atoms with Crippen molar-refractivity contribution in [2.75, 3.05) is 6.54 Å². The second kappa shape index (κ2) is 7.94. The van der Waals surface area contributed by atoms with Gasteiger partial charge in [-0.15, -0.1) is 0 Å². The molecule has 0 aliphatic carbocycles. The van der Waals surface area contributed by atoms with E-state index in [0.29, 0.717) is 6.54 Å². The lowest BCUT2D eigenvalue weighted by Crippen LogP contribution is -2.31. The molecule has 0 saturated heterocycles. The van der Waals surface area contributed by atoms with Crippen LogP contribution in [0.25, 0.3) is 0 Å². The highest BCUT2D eigenvalue weighted by Crippen LogP contribution is 2.09. The fourth-order valence-corrected chi connectivity index (χ4v) is 2.01. The summed E-state index contributed by atoms with van der Waals surface area (Å²) in [5, 5.41) is 7.07. The van der Waals surface area contributed by atoms with Gasteiger partial charge in [0.2, 0.25) is 5.91 Å². The summed E-state index contributed by atoms with van der Waals surface area (Å²) in [6.07, 6.45) is 5.47. The lowest BCUT2D eigenvalue weighted by molar-refractivity contribution is -0.124. The maximum absolute atomic E-state index is 11.9. The maximum Gasteiger partial charge on any atom is 0.222 e. The summed E-state index contributed by atoms with van der Waals surface area (Å²) < 4.78 is 1.83. The summed E-state index contributed by atoms with van der Waals surface area (Å²) in [7, 11) is 1.91. The van der Waals surface area contributed by atoms with Crippen LogP contribution in [0.2, 0.25) is 0 Å². The Morgan fingerprint density at radius 3 is 2.79 bits per heavy atom. The third kappa shape index (κ3) is 5.87. The molecule has 2 atom stereocenters. The molecule has 1 rings (SSSR count). The van der Waals surface area contributed by atoms with Crippen molar-refractivity contribution in [2.45, 2.75) is 45.6 Å². The van der Waals surface area contributed by atoms with Gasteiger partial charge in [0.1, 0.15) is 0 Å². The molecule has 0 saturated carbocycles.